The van der Waals surface area contributed by atoms with Gasteiger partial charge in [0.1, 0.15) is 31.0 Å². The van der Waals surface area contributed by atoms with Crippen molar-refractivity contribution in [3.8, 4) is 0 Å². The van der Waals surface area contributed by atoms with Crippen LogP contribution in [0.5, 0.6) is 0 Å². The first-order valence-corrected chi connectivity index (χ1v) is 12.9. The van der Waals surface area contributed by atoms with Gasteiger partial charge >= 0.3 is 5.97 Å². The van der Waals surface area contributed by atoms with Crippen molar-refractivity contribution in [2.24, 2.45) is 22.7 Å². The second kappa shape index (κ2) is 9.67. The number of ether oxygens (including phenoxy) is 3. The van der Waals surface area contributed by atoms with Crippen molar-refractivity contribution in [3.63, 3.8) is 0 Å². The van der Waals surface area contributed by atoms with Gasteiger partial charge in [-0.1, -0.05) is 27.7 Å². The summed E-state index contributed by atoms with van der Waals surface area (Å²) in [5.74, 6) is -0.124. The molecule has 0 radical (unpaired) electrons. The van der Waals surface area contributed by atoms with Crippen LogP contribution < -0.4 is 0 Å². The van der Waals surface area contributed by atoms with Gasteiger partial charge in [-0.15, -0.1) is 0 Å². The Morgan fingerprint density at radius 3 is 2.43 bits per heavy atom. The highest BCUT2D eigenvalue weighted by molar-refractivity contribution is 5.90. The van der Waals surface area contributed by atoms with E-state index < -0.39 is 53.7 Å². The molecule has 2 aliphatic heterocycles. The third kappa shape index (κ3) is 4.37. The van der Waals surface area contributed by atoms with Crippen LogP contribution in [0.4, 0.5) is 0 Å². The fourth-order valence-electron chi connectivity index (χ4n) is 7.49. The fraction of sp³-hybridized carbons (Fsp3) is 0.885. The number of carbonyl (C=O) groups is 1. The molecule has 1 saturated heterocycles. The second-order valence-electron chi connectivity index (χ2n) is 11.9. The summed E-state index contributed by atoms with van der Waals surface area (Å²) < 4.78 is 16.9. The molecule has 3 fully saturated rings. The van der Waals surface area contributed by atoms with Gasteiger partial charge in [0.2, 0.25) is 0 Å². The highest BCUT2D eigenvalue weighted by Crippen LogP contribution is 2.64. The Morgan fingerprint density at radius 1 is 1.09 bits per heavy atom. The molecule has 0 unspecified atom stereocenters. The van der Waals surface area contributed by atoms with Gasteiger partial charge in [-0.3, -0.25) is 0 Å². The molecule has 0 spiro atoms. The molecule has 10 atom stereocenters. The van der Waals surface area contributed by atoms with Crippen LogP contribution in [-0.4, -0.2) is 87.1 Å². The van der Waals surface area contributed by atoms with E-state index in [-0.39, 0.29) is 23.9 Å². The zero-order valence-corrected chi connectivity index (χ0v) is 21.2. The van der Waals surface area contributed by atoms with Gasteiger partial charge in [-0.25, -0.2) is 4.79 Å². The van der Waals surface area contributed by atoms with Crippen molar-refractivity contribution in [3.05, 3.63) is 11.6 Å². The quantitative estimate of drug-likeness (QED) is 0.268. The van der Waals surface area contributed by atoms with Gasteiger partial charge in [0.25, 0.3) is 0 Å². The Bertz CT molecular complexity index is 826. The van der Waals surface area contributed by atoms with Crippen molar-refractivity contribution >= 4 is 5.97 Å². The van der Waals surface area contributed by atoms with Crippen LogP contribution in [0.1, 0.15) is 66.2 Å². The summed E-state index contributed by atoms with van der Waals surface area (Å²) in [4.78, 5) is 12.0. The molecule has 200 valence electrons. The van der Waals surface area contributed by atoms with E-state index >= 15 is 0 Å². The lowest BCUT2D eigenvalue weighted by Gasteiger charge is -2.64. The predicted octanol–water partition coefficient (Wildman–Crippen LogP) is 1.04. The molecule has 35 heavy (non-hydrogen) atoms. The summed E-state index contributed by atoms with van der Waals surface area (Å²) in [6.07, 6.45) is -1.08. The van der Waals surface area contributed by atoms with Crippen molar-refractivity contribution < 1.29 is 44.5 Å². The summed E-state index contributed by atoms with van der Waals surface area (Å²) in [6, 6.07) is 0. The lowest BCUT2D eigenvalue weighted by molar-refractivity contribution is -0.332. The zero-order valence-electron chi connectivity index (χ0n) is 21.2. The molecule has 0 amide bonds. The van der Waals surface area contributed by atoms with Crippen LogP contribution in [0, 0.1) is 22.7 Å². The Morgan fingerprint density at radius 2 is 1.80 bits per heavy atom. The number of hydrogen-bond acceptors (Lipinski definition) is 9. The van der Waals surface area contributed by atoms with Gasteiger partial charge in [-0.2, -0.15) is 0 Å². The molecular formula is C26H42O9. The minimum Gasteiger partial charge on any atom is -0.458 e. The number of rotatable bonds is 6. The molecule has 2 heterocycles. The summed E-state index contributed by atoms with van der Waals surface area (Å²) in [5, 5.41) is 52.5. The lowest BCUT2D eigenvalue weighted by Crippen LogP contribution is -2.66. The minimum absolute atomic E-state index is 0.0699. The van der Waals surface area contributed by atoms with E-state index in [0.29, 0.717) is 37.9 Å². The van der Waals surface area contributed by atoms with Crippen LogP contribution in [0.25, 0.3) is 0 Å². The predicted molar refractivity (Wildman–Crippen MR) is 125 cm³/mol. The molecule has 0 aromatic heterocycles. The highest BCUT2D eigenvalue weighted by atomic mass is 16.7. The Balaban J connectivity index is 1.53. The fourth-order valence-corrected chi connectivity index (χ4v) is 7.49. The Labute approximate surface area is 207 Å². The number of fused-ring (bicyclic) bond motifs is 1. The SMILES string of the molecule is C[C@@H]1CC[C@H]2C(C)(C)[C@@H](O[C@@H]3O[C@H](CO)[C@@H](O)[C@H](O)[C@H]3O)CC[C@@]2(C)[C@@]1(O)CCC1=CCOC1=O. The van der Waals surface area contributed by atoms with Crippen LogP contribution in [0.15, 0.2) is 11.6 Å². The number of esters is 1. The van der Waals surface area contributed by atoms with Crippen LogP contribution >= 0.6 is 0 Å². The minimum atomic E-state index is -1.49. The molecule has 2 aliphatic carbocycles. The van der Waals surface area contributed by atoms with Gasteiger partial charge in [-0.05, 0) is 61.9 Å². The van der Waals surface area contributed by atoms with Crippen molar-refractivity contribution in [2.45, 2.75) is 109 Å². The number of aliphatic hydroxyl groups excluding tert-OH is 4. The molecule has 0 aromatic rings. The Hall–Kier alpha value is -1.07. The molecule has 4 rings (SSSR count). The highest BCUT2D eigenvalue weighted by Gasteiger charge is 2.64. The second-order valence-corrected chi connectivity index (χ2v) is 11.9. The molecular weight excluding hydrogens is 456 g/mol. The summed E-state index contributed by atoms with van der Waals surface area (Å²) in [7, 11) is 0. The standard InChI is InChI=1S/C26H42O9/c1-14-5-6-17-24(2,3)18(35-23-21(30)20(29)19(28)16(13-27)34-23)8-10-25(17,4)26(14,32)11-7-15-9-12-33-22(15)31/h9,14,16-21,23,27-30,32H,5-8,10-13H2,1-4H3/t14-,16-,17+,18+,19-,20+,21-,23+,25-,26-/m1/s1. The third-order valence-electron chi connectivity index (χ3n) is 9.84. The molecule has 9 heteroatoms. The van der Waals surface area contributed by atoms with Crippen molar-refractivity contribution in [1.82, 2.24) is 0 Å². The van der Waals surface area contributed by atoms with E-state index in [2.05, 4.69) is 27.7 Å². The van der Waals surface area contributed by atoms with Crippen LogP contribution in [0.2, 0.25) is 0 Å². The number of aliphatic hydroxyl groups is 5. The average molecular weight is 499 g/mol. The third-order valence-corrected chi connectivity index (χ3v) is 9.84. The lowest BCUT2D eigenvalue weighted by atomic mass is 9.43. The first kappa shape index (κ1) is 27.0. The van der Waals surface area contributed by atoms with Gasteiger partial charge in [0.05, 0.1) is 18.3 Å². The smallest absolute Gasteiger partial charge is 0.334 e. The van der Waals surface area contributed by atoms with Gasteiger partial charge in [0.15, 0.2) is 6.29 Å². The van der Waals surface area contributed by atoms with E-state index in [1.807, 2.05) is 0 Å². The van der Waals surface area contributed by atoms with Crippen LogP contribution in [-0.2, 0) is 19.0 Å². The molecule has 0 bridgehead atoms. The number of cyclic esters (lactones) is 1. The topological polar surface area (TPSA) is 146 Å². The molecule has 4 aliphatic rings. The normalized spacial score (nSPS) is 47.7. The molecule has 0 aromatic carbocycles. The first-order valence-electron chi connectivity index (χ1n) is 12.9. The van der Waals surface area contributed by atoms with E-state index in [1.165, 1.54) is 0 Å². The summed E-state index contributed by atoms with van der Waals surface area (Å²) in [5.41, 5.74) is -1.14. The van der Waals surface area contributed by atoms with Gasteiger partial charge in [0, 0.05) is 11.0 Å². The maximum absolute atomic E-state index is 12.2. The van der Waals surface area contributed by atoms with Crippen molar-refractivity contribution in [1.29, 1.82) is 0 Å². The summed E-state index contributed by atoms with van der Waals surface area (Å²) in [6.45, 7) is 8.25. The molecule has 2 saturated carbocycles. The maximum Gasteiger partial charge on any atom is 0.334 e. The number of carbonyl (C=O) groups excluding carboxylic acids is 1. The van der Waals surface area contributed by atoms with Crippen molar-refractivity contribution in [2.75, 3.05) is 13.2 Å². The zero-order chi connectivity index (χ0) is 25.8. The maximum atomic E-state index is 12.2. The van der Waals surface area contributed by atoms with E-state index in [0.717, 1.165) is 12.8 Å². The van der Waals surface area contributed by atoms with Gasteiger partial charge < -0.3 is 39.7 Å². The first-order chi connectivity index (χ1) is 16.4. The largest absolute Gasteiger partial charge is 0.458 e. The molecule has 5 N–H and O–H groups in total. The van der Waals surface area contributed by atoms with E-state index in [4.69, 9.17) is 14.2 Å². The molecule has 9 nitrogen and oxygen atoms in total. The van der Waals surface area contributed by atoms with E-state index in [1.54, 1.807) is 6.08 Å². The Kier molecular flexibility index (Phi) is 7.45. The monoisotopic (exact) mass is 498 g/mol. The number of hydrogen-bond donors (Lipinski definition) is 5. The average Bonchev–Trinajstić information content (AvgIpc) is 3.22. The summed E-state index contributed by atoms with van der Waals surface area (Å²) >= 11 is 0. The van der Waals surface area contributed by atoms with E-state index in [9.17, 15) is 30.3 Å². The van der Waals surface area contributed by atoms with Crippen LogP contribution in [0.3, 0.4) is 0 Å².